The molecule has 0 spiro atoms. The van der Waals surface area contributed by atoms with Crippen molar-refractivity contribution in [2.75, 3.05) is 23.7 Å². The number of nitrogens with zero attached hydrogens (tertiary/aromatic N) is 1. The fraction of sp³-hybridized carbons (Fsp3) is 0.263. The first-order chi connectivity index (χ1) is 11.7. The average molecular weight is 323 g/mol. The van der Waals surface area contributed by atoms with E-state index < -0.39 is 0 Å². The van der Waals surface area contributed by atoms with E-state index in [-0.39, 0.29) is 11.9 Å². The lowest BCUT2D eigenvalue weighted by Gasteiger charge is -2.16. The third kappa shape index (κ3) is 4.35. The zero-order valence-electron chi connectivity index (χ0n) is 13.5. The van der Waals surface area contributed by atoms with Gasteiger partial charge in [-0.25, -0.2) is 4.79 Å². The highest BCUT2D eigenvalue weighted by molar-refractivity contribution is 5.94. The molecule has 124 valence electrons. The number of carbonyl (C=O) groups is 2. The Balaban J connectivity index is 1.58. The number of carbonyl (C=O) groups excluding carboxylic acids is 2. The van der Waals surface area contributed by atoms with Crippen molar-refractivity contribution in [1.29, 1.82) is 0 Å². The molecule has 5 heteroatoms. The standard InChI is InChI=1S/C19H21N3O2/c23-18(13-15-7-2-1-3-8-15)20-16-9-6-10-17(14-16)21-19(24)22-11-4-5-12-22/h1-3,6-10,14H,4-5,11-13H2,(H,20,23)(H,21,24). The van der Waals surface area contributed by atoms with Crippen LogP contribution < -0.4 is 10.6 Å². The van der Waals surface area contributed by atoms with Crippen LogP contribution in [0.1, 0.15) is 18.4 Å². The first-order valence-corrected chi connectivity index (χ1v) is 8.20. The molecule has 3 amide bonds. The van der Waals surface area contributed by atoms with E-state index in [1.54, 1.807) is 11.0 Å². The van der Waals surface area contributed by atoms with Gasteiger partial charge in [0.1, 0.15) is 0 Å². The molecule has 1 heterocycles. The van der Waals surface area contributed by atoms with Crippen LogP contribution in [0.4, 0.5) is 16.2 Å². The molecule has 1 aliphatic rings. The molecule has 2 aromatic rings. The number of likely N-dealkylation sites (tertiary alicyclic amines) is 1. The molecule has 0 atom stereocenters. The monoisotopic (exact) mass is 323 g/mol. The molecule has 0 aliphatic carbocycles. The Bertz CT molecular complexity index is 710. The van der Waals surface area contributed by atoms with E-state index in [2.05, 4.69) is 10.6 Å². The predicted molar refractivity (Wildman–Crippen MR) is 95.0 cm³/mol. The van der Waals surface area contributed by atoms with Crippen molar-refractivity contribution in [3.05, 3.63) is 60.2 Å². The summed E-state index contributed by atoms with van der Waals surface area (Å²) in [7, 11) is 0. The molecule has 0 bridgehead atoms. The van der Waals surface area contributed by atoms with Crippen LogP contribution in [0, 0.1) is 0 Å². The molecule has 5 nitrogen and oxygen atoms in total. The number of urea groups is 1. The zero-order chi connectivity index (χ0) is 16.8. The molecular weight excluding hydrogens is 302 g/mol. The van der Waals surface area contributed by atoms with E-state index in [4.69, 9.17) is 0 Å². The first-order valence-electron chi connectivity index (χ1n) is 8.20. The maximum atomic E-state index is 12.1. The van der Waals surface area contributed by atoms with Crippen LogP contribution in [0.15, 0.2) is 54.6 Å². The van der Waals surface area contributed by atoms with Crippen LogP contribution in [-0.4, -0.2) is 29.9 Å². The minimum absolute atomic E-state index is 0.0794. The van der Waals surface area contributed by atoms with Crippen molar-refractivity contribution in [1.82, 2.24) is 4.90 Å². The van der Waals surface area contributed by atoms with Gasteiger partial charge in [0.05, 0.1) is 6.42 Å². The lowest BCUT2D eigenvalue weighted by molar-refractivity contribution is -0.115. The van der Waals surface area contributed by atoms with E-state index in [9.17, 15) is 9.59 Å². The van der Waals surface area contributed by atoms with Crippen molar-refractivity contribution in [2.45, 2.75) is 19.3 Å². The molecule has 1 saturated heterocycles. The van der Waals surface area contributed by atoms with Crippen LogP contribution in [-0.2, 0) is 11.2 Å². The van der Waals surface area contributed by atoms with Gasteiger partial charge in [0.25, 0.3) is 0 Å². The van der Waals surface area contributed by atoms with E-state index in [1.807, 2.05) is 48.5 Å². The van der Waals surface area contributed by atoms with Gasteiger partial charge < -0.3 is 15.5 Å². The Kier molecular flexibility index (Phi) is 5.11. The summed E-state index contributed by atoms with van der Waals surface area (Å²) in [5.74, 6) is -0.0794. The summed E-state index contributed by atoms with van der Waals surface area (Å²) in [5, 5.41) is 5.75. The number of amides is 3. The maximum absolute atomic E-state index is 12.1. The van der Waals surface area contributed by atoms with E-state index >= 15 is 0 Å². The number of hydrogen-bond donors (Lipinski definition) is 2. The van der Waals surface area contributed by atoms with Gasteiger partial charge >= 0.3 is 6.03 Å². The van der Waals surface area contributed by atoms with Crippen molar-refractivity contribution in [3.63, 3.8) is 0 Å². The van der Waals surface area contributed by atoms with E-state index in [0.29, 0.717) is 17.8 Å². The molecule has 0 saturated carbocycles. The smallest absolute Gasteiger partial charge is 0.321 e. The summed E-state index contributed by atoms with van der Waals surface area (Å²) in [5.41, 5.74) is 2.33. The van der Waals surface area contributed by atoms with E-state index in [1.165, 1.54) is 0 Å². The van der Waals surface area contributed by atoms with Crippen LogP contribution in [0.2, 0.25) is 0 Å². The normalized spacial score (nSPS) is 13.6. The van der Waals surface area contributed by atoms with Crippen molar-refractivity contribution in [2.24, 2.45) is 0 Å². The van der Waals surface area contributed by atoms with Gasteiger partial charge in [-0.15, -0.1) is 0 Å². The Morgan fingerprint density at radius 3 is 2.25 bits per heavy atom. The molecular formula is C19H21N3O2. The Morgan fingerprint density at radius 2 is 1.54 bits per heavy atom. The van der Waals surface area contributed by atoms with Crippen LogP contribution in [0.3, 0.4) is 0 Å². The maximum Gasteiger partial charge on any atom is 0.321 e. The lowest BCUT2D eigenvalue weighted by atomic mass is 10.1. The van der Waals surface area contributed by atoms with Crippen LogP contribution >= 0.6 is 0 Å². The van der Waals surface area contributed by atoms with Gasteiger partial charge in [-0.3, -0.25) is 4.79 Å². The largest absolute Gasteiger partial charge is 0.326 e. The van der Waals surface area contributed by atoms with Gasteiger partial charge in [0, 0.05) is 24.5 Å². The molecule has 1 fully saturated rings. The van der Waals surface area contributed by atoms with Gasteiger partial charge in [0.2, 0.25) is 5.91 Å². The summed E-state index contributed by atoms with van der Waals surface area (Å²) in [6, 6.07) is 16.7. The quantitative estimate of drug-likeness (QED) is 0.904. The number of rotatable bonds is 4. The molecule has 0 aromatic heterocycles. The topological polar surface area (TPSA) is 61.4 Å². The van der Waals surface area contributed by atoms with E-state index in [0.717, 1.165) is 31.5 Å². The van der Waals surface area contributed by atoms with Crippen molar-refractivity contribution >= 4 is 23.3 Å². The van der Waals surface area contributed by atoms with Crippen LogP contribution in [0.5, 0.6) is 0 Å². The highest BCUT2D eigenvalue weighted by Gasteiger charge is 2.17. The second-order valence-corrected chi connectivity index (χ2v) is 5.92. The summed E-state index contributed by atoms with van der Waals surface area (Å²) >= 11 is 0. The fourth-order valence-electron chi connectivity index (χ4n) is 2.78. The van der Waals surface area contributed by atoms with Crippen molar-refractivity contribution in [3.8, 4) is 0 Å². The molecule has 0 unspecified atom stereocenters. The number of anilines is 2. The van der Waals surface area contributed by atoms with Gasteiger partial charge in [-0.05, 0) is 36.6 Å². The fourth-order valence-corrected chi connectivity index (χ4v) is 2.78. The Labute approximate surface area is 141 Å². The zero-order valence-corrected chi connectivity index (χ0v) is 13.5. The number of hydrogen-bond acceptors (Lipinski definition) is 2. The summed E-state index contributed by atoms with van der Waals surface area (Å²) in [6.45, 7) is 1.61. The number of benzene rings is 2. The predicted octanol–water partition coefficient (Wildman–Crippen LogP) is 3.50. The minimum Gasteiger partial charge on any atom is -0.326 e. The average Bonchev–Trinajstić information content (AvgIpc) is 3.10. The lowest BCUT2D eigenvalue weighted by Crippen LogP contribution is -2.32. The second kappa shape index (κ2) is 7.64. The summed E-state index contributed by atoms with van der Waals surface area (Å²) in [4.78, 5) is 26.0. The third-order valence-corrected chi connectivity index (χ3v) is 4.00. The summed E-state index contributed by atoms with van der Waals surface area (Å²) < 4.78 is 0. The Hall–Kier alpha value is -2.82. The molecule has 2 N–H and O–H groups in total. The molecule has 1 aliphatic heterocycles. The van der Waals surface area contributed by atoms with Crippen molar-refractivity contribution < 1.29 is 9.59 Å². The molecule has 0 radical (unpaired) electrons. The van der Waals surface area contributed by atoms with Gasteiger partial charge in [-0.2, -0.15) is 0 Å². The SMILES string of the molecule is O=C(Cc1ccccc1)Nc1cccc(NC(=O)N2CCCC2)c1. The molecule has 2 aromatic carbocycles. The minimum atomic E-state index is -0.0831. The molecule has 3 rings (SSSR count). The first kappa shape index (κ1) is 16.1. The highest BCUT2D eigenvalue weighted by atomic mass is 16.2. The van der Waals surface area contributed by atoms with Gasteiger partial charge in [0.15, 0.2) is 0 Å². The Morgan fingerprint density at radius 1 is 0.875 bits per heavy atom. The molecule has 24 heavy (non-hydrogen) atoms. The highest BCUT2D eigenvalue weighted by Crippen LogP contribution is 2.17. The third-order valence-electron chi connectivity index (χ3n) is 4.00. The van der Waals surface area contributed by atoms with Gasteiger partial charge in [-0.1, -0.05) is 36.4 Å². The summed E-state index contributed by atoms with van der Waals surface area (Å²) in [6.07, 6.45) is 2.44. The second-order valence-electron chi connectivity index (χ2n) is 5.92. The van der Waals surface area contributed by atoms with Crippen LogP contribution in [0.25, 0.3) is 0 Å². The number of nitrogens with one attached hydrogen (secondary N) is 2.